The van der Waals surface area contributed by atoms with Gasteiger partial charge in [0.1, 0.15) is 12.2 Å². The fraction of sp³-hybridized carbons (Fsp3) is 0.600. The van der Waals surface area contributed by atoms with E-state index in [1.807, 2.05) is 0 Å². The Kier molecular flexibility index (Phi) is 5.33. The van der Waals surface area contributed by atoms with Gasteiger partial charge in [-0.25, -0.2) is 0 Å². The minimum Gasteiger partial charge on any atom is -0.357 e. The van der Waals surface area contributed by atoms with Crippen molar-refractivity contribution < 1.29 is 22.8 Å². The number of aromatic amines is 1. The van der Waals surface area contributed by atoms with E-state index in [1.165, 1.54) is 11.8 Å². The molecule has 0 spiro atoms. The fourth-order valence-corrected chi connectivity index (χ4v) is 2.82. The van der Waals surface area contributed by atoms with Crippen LogP contribution in [0.5, 0.6) is 0 Å². The van der Waals surface area contributed by atoms with Crippen LogP contribution >= 0.6 is 0 Å². The van der Waals surface area contributed by atoms with Crippen LogP contribution in [0.3, 0.4) is 0 Å². The maximum absolute atomic E-state index is 12.5. The minimum absolute atomic E-state index is 0.000577. The van der Waals surface area contributed by atoms with Crippen molar-refractivity contribution in [2.45, 2.75) is 25.9 Å². The third kappa shape index (κ3) is 4.49. The number of likely N-dealkylation sites (tertiary alicyclic amines) is 1. The van der Waals surface area contributed by atoms with Gasteiger partial charge in [-0.05, 0) is 31.9 Å². The Labute approximate surface area is 132 Å². The number of nitrogens with one attached hydrogen (secondary N) is 1. The van der Waals surface area contributed by atoms with Crippen LogP contribution in [0.1, 0.15) is 30.3 Å². The van der Waals surface area contributed by atoms with E-state index in [4.69, 9.17) is 0 Å². The summed E-state index contributed by atoms with van der Waals surface area (Å²) >= 11 is 0. The van der Waals surface area contributed by atoms with Gasteiger partial charge in [0.25, 0.3) is 5.91 Å². The highest BCUT2D eigenvalue weighted by atomic mass is 19.4. The number of hydrogen-bond acceptors (Lipinski definition) is 2. The highest BCUT2D eigenvalue weighted by Crippen LogP contribution is 2.23. The topological polar surface area (TPSA) is 56.4 Å². The van der Waals surface area contributed by atoms with Crippen LogP contribution in [0.2, 0.25) is 0 Å². The van der Waals surface area contributed by atoms with Crippen molar-refractivity contribution in [3.63, 3.8) is 0 Å². The first kappa shape index (κ1) is 17.4. The predicted octanol–water partition coefficient (Wildman–Crippen LogP) is 2.28. The summed E-state index contributed by atoms with van der Waals surface area (Å²) in [5.41, 5.74) is 0.417. The van der Waals surface area contributed by atoms with Gasteiger partial charge >= 0.3 is 6.18 Å². The molecule has 0 bridgehead atoms. The number of nitrogens with zero attached hydrogens (tertiary/aromatic N) is 2. The average molecular weight is 331 g/mol. The average Bonchev–Trinajstić information content (AvgIpc) is 3.05. The molecule has 1 aromatic rings. The molecule has 1 saturated heterocycles. The zero-order valence-electron chi connectivity index (χ0n) is 12.9. The lowest BCUT2D eigenvalue weighted by molar-refractivity contribution is -0.164. The largest absolute Gasteiger partial charge is 0.406 e. The quantitative estimate of drug-likeness (QED) is 0.920. The maximum atomic E-state index is 12.5. The summed E-state index contributed by atoms with van der Waals surface area (Å²) in [7, 11) is 0. The molecule has 2 heterocycles. The fourth-order valence-electron chi connectivity index (χ4n) is 2.82. The van der Waals surface area contributed by atoms with Crippen molar-refractivity contribution >= 4 is 11.8 Å². The van der Waals surface area contributed by atoms with E-state index in [2.05, 4.69) is 4.98 Å². The van der Waals surface area contributed by atoms with Crippen molar-refractivity contribution in [1.82, 2.24) is 14.8 Å². The Morgan fingerprint density at radius 1 is 1.43 bits per heavy atom. The van der Waals surface area contributed by atoms with E-state index in [1.54, 1.807) is 18.3 Å². The van der Waals surface area contributed by atoms with Crippen LogP contribution in [0.4, 0.5) is 13.2 Å². The van der Waals surface area contributed by atoms with Crippen LogP contribution < -0.4 is 0 Å². The van der Waals surface area contributed by atoms with Gasteiger partial charge in [0.15, 0.2) is 0 Å². The number of halogens is 3. The minimum atomic E-state index is -4.42. The van der Waals surface area contributed by atoms with Crippen molar-refractivity contribution in [1.29, 1.82) is 0 Å². The van der Waals surface area contributed by atoms with E-state index >= 15 is 0 Å². The number of hydrogen-bond donors (Lipinski definition) is 1. The highest BCUT2D eigenvalue weighted by molar-refractivity contribution is 5.93. The van der Waals surface area contributed by atoms with Gasteiger partial charge in [-0.3, -0.25) is 9.59 Å². The third-order valence-corrected chi connectivity index (χ3v) is 3.95. The van der Waals surface area contributed by atoms with Gasteiger partial charge in [0.2, 0.25) is 5.91 Å². The number of H-pyrrole nitrogens is 1. The molecule has 0 saturated carbocycles. The number of carbonyl (C=O) groups is 2. The summed E-state index contributed by atoms with van der Waals surface area (Å²) in [5.74, 6) is -1.34. The number of rotatable bonds is 4. The summed E-state index contributed by atoms with van der Waals surface area (Å²) in [6.45, 7) is 0.940. The molecular weight excluding hydrogens is 311 g/mol. The molecule has 0 aromatic carbocycles. The molecule has 0 radical (unpaired) electrons. The van der Waals surface area contributed by atoms with Crippen LogP contribution in [0.25, 0.3) is 0 Å². The van der Waals surface area contributed by atoms with Crippen molar-refractivity contribution in [3.05, 3.63) is 24.0 Å². The number of piperidine rings is 1. The second-order valence-corrected chi connectivity index (χ2v) is 5.64. The Morgan fingerprint density at radius 2 is 2.17 bits per heavy atom. The molecule has 8 heteroatoms. The molecule has 23 heavy (non-hydrogen) atoms. The van der Waals surface area contributed by atoms with E-state index in [-0.39, 0.29) is 19.0 Å². The zero-order chi connectivity index (χ0) is 17.0. The molecule has 1 N–H and O–H groups in total. The van der Waals surface area contributed by atoms with Crippen molar-refractivity contribution in [3.8, 4) is 0 Å². The van der Waals surface area contributed by atoms with Crippen LogP contribution in [-0.2, 0) is 4.79 Å². The normalized spacial score (nSPS) is 18.8. The first-order valence-electron chi connectivity index (χ1n) is 7.60. The van der Waals surface area contributed by atoms with Crippen LogP contribution in [0, 0.1) is 5.92 Å². The molecule has 1 aliphatic rings. The number of alkyl halides is 3. The maximum Gasteiger partial charge on any atom is 0.406 e. The lowest BCUT2D eigenvalue weighted by Gasteiger charge is -2.34. The predicted molar refractivity (Wildman–Crippen MR) is 77.7 cm³/mol. The number of aromatic nitrogens is 1. The van der Waals surface area contributed by atoms with Crippen LogP contribution in [0.15, 0.2) is 18.3 Å². The second-order valence-electron chi connectivity index (χ2n) is 5.64. The molecule has 0 unspecified atom stereocenters. The van der Waals surface area contributed by atoms with E-state index < -0.39 is 24.5 Å². The molecular formula is C15H20F3N3O2. The molecule has 1 fully saturated rings. The summed E-state index contributed by atoms with van der Waals surface area (Å²) in [5, 5.41) is 0. The molecule has 5 nitrogen and oxygen atoms in total. The van der Waals surface area contributed by atoms with Crippen molar-refractivity contribution in [2.24, 2.45) is 5.92 Å². The number of amides is 2. The van der Waals surface area contributed by atoms with Crippen LogP contribution in [-0.4, -0.2) is 59.0 Å². The lowest BCUT2D eigenvalue weighted by atomic mass is 9.96. The number of carbonyl (C=O) groups excluding carboxylic acids is 2. The van der Waals surface area contributed by atoms with E-state index in [0.717, 1.165) is 4.90 Å². The third-order valence-electron chi connectivity index (χ3n) is 3.95. The molecule has 0 aliphatic carbocycles. The zero-order valence-corrected chi connectivity index (χ0v) is 12.9. The standard InChI is InChI=1S/C15H20F3N3O2/c1-2-20(10-15(16,17)18)13(22)11-5-4-8-21(9-11)14(23)12-6-3-7-19-12/h3,6-7,11,19H,2,4-5,8-10H2,1H3/t11-/m0/s1. The van der Waals surface area contributed by atoms with E-state index in [0.29, 0.717) is 25.1 Å². The monoisotopic (exact) mass is 331 g/mol. The lowest BCUT2D eigenvalue weighted by Crippen LogP contribution is -2.48. The Hall–Kier alpha value is -1.99. The Bertz CT molecular complexity index is 543. The second kappa shape index (κ2) is 7.06. The molecule has 1 atom stereocenters. The summed E-state index contributed by atoms with van der Waals surface area (Å²) < 4.78 is 37.6. The molecule has 1 aromatic heterocycles. The van der Waals surface area contributed by atoms with Gasteiger partial charge in [-0.15, -0.1) is 0 Å². The Morgan fingerprint density at radius 3 is 2.74 bits per heavy atom. The van der Waals surface area contributed by atoms with Crippen molar-refractivity contribution in [2.75, 3.05) is 26.2 Å². The molecule has 2 amide bonds. The SMILES string of the molecule is CCN(CC(F)(F)F)C(=O)[C@H]1CCCN(C(=O)c2ccc[nH]2)C1. The smallest absolute Gasteiger partial charge is 0.357 e. The van der Waals surface area contributed by atoms with E-state index in [9.17, 15) is 22.8 Å². The van der Waals surface area contributed by atoms with Gasteiger partial charge in [-0.2, -0.15) is 13.2 Å². The van der Waals surface area contributed by atoms with Gasteiger partial charge in [0.05, 0.1) is 5.92 Å². The van der Waals surface area contributed by atoms with Gasteiger partial charge in [0, 0.05) is 25.8 Å². The highest BCUT2D eigenvalue weighted by Gasteiger charge is 2.36. The molecule has 128 valence electrons. The first-order valence-corrected chi connectivity index (χ1v) is 7.60. The first-order chi connectivity index (χ1) is 10.8. The Balaban J connectivity index is 2.02. The molecule has 1 aliphatic heterocycles. The van der Waals surface area contributed by atoms with Gasteiger partial charge in [-0.1, -0.05) is 0 Å². The summed E-state index contributed by atoms with van der Waals surface area (Å²) in [6.07, 6.45) is -1.68. The molecule has 2 rings (SSSR count). The van der Waals surface area contributed by atoms with Gasteiger partial charge < -0.3 is 14.8 Å². The summed E-state index contributed by atoms with van der Waals surface area (Å²) in [6, 6.07) is 3.33. The summed E-state index contributed by atoms with van der Waals surface area (Å²) in [4.78, 5) is 29.8.